The van der Waals surface area contributed by atoms with E-state index in [4.69, 9.17) is 4.74 Å². The van der Waals surface area contributed by atoms with E-state index < -0.39 is 0 Å². The Labute approximate surface area is 128 Å². The molecule has 0 rings (SSSR count). The van der Waals surface area contributed by atoms with Crippen LogP contribution < -0.4 is 0 Å². The Hall–Kier alpha value is 0.650. The SMILES string of the molecule is CC(C)CN(CCCOCCCC(C)I)C(C)C. The van der Waals surface area contributed by atoms with E-state index in [2.05, 4.69) is 62.1 Å². The molecule has 0 radical (unpaired) electrons. The standard InChI is InChI=1S/C15H32INO/c1-13(2)12-17(14(3)4)9-7-11-18-10-6-8-15(5)16/h13-15H,6-12H2,1-5H3. The second-order valence-corrected chi connectivity index (χ2v) is 8.00. The molecule has 2 nitrogen and oxygen atoms in total. The third-order valence-electron chi connectivity index (χ3n) is 2.95. The molecule has 0 aliphatic carbocycles. The molecule has 0 aromatic carbocycles. The Kier molecular flexibility index (Phi) is 11.9. The van der Waals surface area contributed by atoms with E-state index in [1.807, 2.05) is 0 Å². The zero-order valence-electron chi connectivity index (χ0n) is 12.9. The quantitative estimate of drug-likeness (QED) is 0.305. The second-order valence-electron chi connectivity index (χ2n) is 5.87. The largest absolute Gasteiger partial charge is 0.381 e. The van der Waals surface area contributed by atoms with Crippen molar-refractivity contribution in [2.24, 2.45) is 5.92 Å². The van der Waals surface area contributed by atoms with Gasteiger partial charge < -0.3 is 9.64 Å². The fraction of sp³-hybridized carbons (Fsp3) is 1.00. The zero-order valence-corrected chi connectivity index (χ0v) is 15.1. The van der Waals surface area contributed by atoms with Gasteiger partial charge in [0.2, 0.25) is 0 Å². The fourth-order valence-electron chi connectivity index (χ4n) is 1.97. The van der Waals surface area contributed by atoms with Gasteiger partial charge in [-0.3, -0.25) is 0 Å². The molecule has 110 valence electrons. The van der Waals surface area contributed by atoms with Crippen molar-refractivity contribution in [1.29, 1.82) is 0 Å². The molecule has 0 amide bonds. The summed E-state index contributed by atoms with van der Waals surface area (Å²) in [7, 11) is 0. The maximum Gasteiger partial charge on any atom is 0.0478 e. The number of rotatable bonds is 11. The second kappa shape index (κ2) is 11.5. The lowest BCUT2D eigenvalue weighted by Crippen LogP contribution is -2.35. The van der Waals surface area contributed by atoms with Gasteiger partial charge in [-0.25, -0.2) is 0 Å². The monoisotopic (exact) mass is 369 g/mol. The summed E-state index contributed by atoms with van der Waals surface area (Å²) in [4.78, 5) is 2.56. The van der Waals surface area contributed by atoms with Gasteiger partial charge in [0.25, 0.3) is 0 Å². The van der Waals surface area contributed by atoms with E-state index in [9.17, 15) is 0 Å². The molecule has 0 spiro atoms. The van der Waals surface area contributed by atoms with E-state index in [0.29, 0.717) is 6.04 Å². The van der Waals surface area contributed by atoms with Crippen molar-refractivity contribution in [2.75, 3.05) is 26.3 Å². The Morgan fingerprint density at radius 3 is 2.11 bits per heavy atom. The molecule has 1 unspecified atom stereocenters. The van der Waals surface area contributed by atoms with Crippen LogP contribution in [0.5, 0.6) is 0 Å². The summed E-state index contributed by atoms with van der Waals surface area (Å²) >= 11 is 2.48. The molecule has 0 heterocycles. The number of alkyl halides is 1. The smallest absolute Gasteiger partial charge is 0.0478 e. The van der Waals surface area contributed by atoms with Crippen LogP contribution in [0.2, 0.25) is 0 Å². The predicted molar refractivity (Wildman–Crippen MR) is 89.7 cm³/mol. The summed E-state index contributed by atoms with van der Waals surface area (Å²) in [6.45, 7) is 15.6. The Bertz CT molecular complexity index is 183. The van der Waals surface area contributed by atoms with Crippen molar-refractivity contribution in [3.05, 3.63) is 0 Å². The molecule has 0 aromatic rings. The third kappa shape index (κ3) is 11.7. The first-order valence-electron chi connectivity index (χ1n) is 7.39. The predicted octanol–water partition coefficient (Wildman–Crippen LogP) is 4.36. The number of ether oxygens (including phenoxy) is 1. The van der Waals surface area contributed by atoms with Crippen LogP contribution in [0.15, 0.2) is 0 Å². The summed E-state index contributed by atoms with van der Waals surface area (Å²) in [6.07, 6.45) is 3.63. The summed E-state index contributed by atoms with van der Waals surface area (Å²) in [5, 5.41) is 0. The van der Waals surface area contributed by atoms with Crippen LogP contribution in [0.1, 0.15) is 53.9 Å². The number of halogens is 1. The highest BCUT2D eigenvalue weighted by Crippen LogP contribution is 2.07. The molecule has 0 aliphatic rings. The van der Waals surface area contributed by atoms with Crippen LogP contribution in [0.3, 0.4) is 0 Å². The Morgan fingerprint density at radius 2 is 1.61 bits per heavy atom. The molecule has 3 heteroatoms. The molecule has 0 N–H and O–H groups in total. The minimum Gasteiger partial charge on any atom is -0.381 e. The molecule has 0 fully saturated rings. The van der Waals surface area contributed by atoms with Gasteiger partial charge in [-0.2, -0.15) is 0 Å². The van der Waals surface area contributed by atoms with Gasteiger partial charge in [-0.1, -0.05) is 43.4 Å². The summed E-state index contributed by atoms with van der Waals surface area (Å²) in [6, 6.07) is 0.646. The molecular weight excluding hydrogens is 337 g/mol. The van der Waals surface area contributed by atoms with Gasteiger partial charge in [-0.15, -0.1) is 0 Å². The molecule has 0 aliphatic heterocycles. The van der Waals surface area contributed by atoms with Crippen molar-refractivity contribution < 1.29 is 4.74 Å². The van der Waals surface area contributed by atoms with E-state index in [1.165, 1.54) is 25.9 Å². The third-order valence-corrected chi connectivity index (χ3v) is 3.58. The zero-order chi connectivity index (χ0) is 14.0. The molecule has 0 bridgehead atoms. The summed E-state index contributed by atoms with van der Waals surface area (Å²) in [5.41, 5.74) is 0. The normalized spacial score (nSPS) is 13.8. The van der Waals surface area contributed by atoms with E-state index in [-0.39, 0.29) is 0 Å². The number of hydrogen-bond acceptors (Lipinski definition) is 2. The van der Waals surface area contributed by atoms with E-state index >= 15 is 0 Å². The van der Waals surface area contributed by atoms with Gasteiger partial charge in [0.15, 0.2) is 0 Å². The van der Waals surface area contributed by atoms with Crippen LogP contribution in [0.4, 0.5) is 0 Å². The van der Waals surface area contributed by atoms with Crippen molar-refractivity contribution in [3.63, 3.8) is 0 Å². The summed E-state index contributed by atoms with van der Waals surface area (Å²) < 4.78 is 6.46. The fourth-order valence-corrected chi connectivity index (χ4v) is 2.41. The average Bonchev–Trinajstić information content (AvgIpc) is 2.25. The lowest BCUT2D eigenvalue weighted by molar-refractivity contribution is 0.109. The molecule has 1 atom stereocenters. The first-order chi connectivity index (χ1) is 8.43. The van der Waals surface area contributed by atoms with E-state index in [1.54, 1.807) is 0 Å². The van der Waals surface area contributed by atoms with Crippen LogP contribution in [0, 0.1) is 5.92 Å². The maximum absolute atomic E-state index is 5.69. The molecule has 0 saturated carbocycles. The molecule has 0 saturated heterocycles. The molecule has 18 heavy (non-hydrogen) atoms. The van der Waals surface area contributed by atoms with Crippen LogP contribution in [0.25, 0.3) is 0 Å². The highest BCUT2D eigenvalue weighted by atomic mass is 127. The number of hydrogen-bond donors (Lipinski definition) is 0. The van der Waals surface area contributed by atoms with Gasteiger partial charge in [-0.05, 0) is 39.0 Å². The summed E-state index contributed by atoms with van der Waals surface area (Å²) in [5.74, 6) is 0.749. The van der Waals surface area contributed by atoms with Gasteiger partial charge >= 0.3 is 0 Å². The highest BCUT2D eigenvalue weighted by Gasteiger charge is 2.10. The number of nitrogens with zero attached hydrogens (tertiary/aromatic N) is 1. The Morgan fingerprint density at radius 1 is 1.00 bits per heavy atom. The highest BCUT2D eigenvalue weighted by molar-refractivity contribution is 14.1. The lowest BCUT2D eigenvalue weighted by Gasteiger charge is -2.28. The van der Waals surface area contributed by atoms with Crippen molar-refractivity contribution >= 4 is 22.6 Å². The first kappa shape index (κ1) is 18.7. The van der Waals surface area contributed by atoms with Gasteiger partial charge in [0.1, 0.15) is 0 Å². The van der Waals surface area contributed by atoms with Crippen molar-refractivity contribution in [3.8, 4) is 0 Å². The van der Waals surface area contributed by atoms with Crippen LogP contribution >= 0.6 is 22.6 Å². The minimum absolute atomic E-state index is 0.646. The average molecular weight is 369 g/mol. The maximum atomic E-state index is 5.69. The van der Waals surface area contributed by atoms with Crippen LogP contribution in [-0.2, 0) is 4.74 Å². The van der Waals surface area contributed by atoms with Gasteiger partial charge in [0, 0.05) is 36.3 Å². The van der Waals surface area contributed by atoms with Crippen LogP contribution in [-0.4, -0.2) is 41.2 Å². The minimum atomic E-state index is 0.646. The van der Waals surface area contributed by atoms with Crippen molar-refractivity contribution in [1.82, 2.24) is 4.90 Å². The Balaban J connectivity index is 3.49. The van der Waals surface area contributed by atoms with Gasteiger partial charge in [0.05, 0.1) is 0 Å². The molecule has 0 aromatic heterocycles. The molecular formula is C15H32INO. The first-order valence-corrected chi connectivity index (χ1v) is 8.64. The topological polar surface area (TPSA) is 12.5 Å². The van der Waals surface area contributed by atoms with Crippen molar-refractivity contribution in [2.45, 2.75) is 63.8 Å². The lowest BCUT2D eigenvalue weighted by atomic mass is 10.1. The van der Waals surface area contributed by atoms with E-state index in [0.717, 1.165) is 29.5 Å².